The summed E-state index contributed by atoms with van der Waals surface area (Å²) < 4.78 is 5.55. The van der Waals surface area contributed by atoms with Crippen molar-refractivity contribution in [3.8, 4) is 5.75 Å². The Bertz CT molecular complexity index is 606. The van der Waals surface area contributed by atoms with Crippen molar-refractivity contribution >= 4 is 5.91 Å². The van der Waals surface area contributed by atoms with Gasteiger partial charge < -0.3 is 9.64 Å². The predicted octanol–water partition coefficient (Wildman–Crippen LogP) is 4.30. The molecule has 0 bridgehead atoms. The maximum absolute atomic E-state index is 12.8. The van der Waals surface area contributed by atoms with Gasteiger partial charge in [-0.1, -0.05) is 37.8 Å². The highest BCUT2D eigenvalue weighted by molar-refractivity contribution is 5.77. The zero-order chi connectivity index (χ0) is 16.5. The quantitative estimate of drug-likeness (QED) is 0.825. The van der Waals surface area contributed by atoms with Gasteiger partial charge in [-0.15, -0.1) is 0 Å². The maximum Gasteiger partial charge on any atom is 0.222 e. The van der Waals surface area contributed by atoms with Crippen molar-refractivity contribution in [3.05, 3.63) is 29.3 Å². The number of rotatable bonds is 4. The summed E-state index contributed by atoms with van der Waals surface area (Å²) in [6.07, 6.45) is 10.5. The Morgan fingerprint density at radius 1 is 1.21 bits per heavy atom. The average molecular weight is 327 g/mol. The zero-order valence-electron chi connectivity index (χ0n) is 14.8. The average Bonchev–Trinajstić information content (AvgIpc) is 3.28. The number of carbonyl (C=O) groups is 1. The SMILES string of the molecule is COc1cccc2c1CCC1C2CCN1C(=O)CCC1CCCC1. The molecule has 3 aliphatic rings. The Balaban J connectivity index is 1.44. The van der Waals surface area contributed by atoms with Gasteiger partial charge in [0, 0.05) is 24.9 Å². The first-order valence-corrected chi connectivity index (χ1v) is 9.73. The molecule has 1 aliphatic heterocycles. The number of fused-ring (bicyclic) bond motifs is 3. The number of ether oxygens (including phenoxy) is 1. The summed E-state index contributed by atoms with van der Waals surface area (Å²) in [6.45, 7) is 0.940. The molecule has 3 heteroatoms. The van der Waals surface area contributed by atoms with Crippen LogP contribution in [0.3, 0.4) is 0 Å². The zero-order valence-corrected chi connectivity index (χ0v) is 14.8. The van der Waals surface area contributed by atoms with E-state index in [2.05, 4.69) is 23.1 Å². The number of methoxy groups -OCH3 is 1. The van der Waals surface area contributed by atoms with Crippen LogP contribution >= 0.6 is 0 Å². The topological polar surface area (TPSA) is 29.5 Å². The molecule has 3 nitrogen and oxygen atoms in total. The smallest absolute Gasteiger partial charge is 0.222 e. The second kappa shape index (κ2) is 6.78. The lowest BCUT2D eigenvalue weighted by Gasteiger charge is -2.34. The molecular formula is C21H29NO2. The molecule has 1 aromatic rings. The van der Waals surface area contributed by atoms with E-state index in [1.54, 1.807) is 7.11 Å². The molecule has 1 aromatic carbocycles. The van der Waals surface area contributed by atoms with Gasteiger partial charge in [-0.25, -0.2) is 0 Å². The third kappa shape index (κ3) is 2.82. The first kappa shape index (κ1) is 16.0. The third-order valence-corrected chi connectivity index (χ3v) is 6.59. The Labute approximate surface area is 145 Å². The first-order valence-electron chi connectivity index (χ1n) is 9.73. The summed E-state index contributed by atoms with van der Waals surface area (Å²) in [5.74, 6) is 2.75. The van der Waals surface area contributed by atoms with Crippen LogP contribution in [0.15, 0.2) is 18.2 Å². The van der Waals surface area contributed by atoms with E-state index >= 15 is 0 Å². The highest BCUT2D eigenvalue weighted by Crippen LogP contribution is 2.44. The fraction of sp³-hybridized carbons (Fsp3) is 0.667. The Hall–Kier alpha value is -1.51. The molecule has 4 rings (SSSR count). The van der Waals surface area contributed by atoms with E-state index in [1.807, 2.05) is 0 Å². The van der Waals surface area contributed by atoms with Gasteiger partial charge in [0.25, 0.3) is 0 Å². The summed E-state index contributed by atoms with van der Waals surface area (Å²) in [5, 5.41) is 0. The minimum absolute atomic E-state index is 0.403. The van der Waals surface area contributed by atoms with Gasteiger partial charge in [-0.05, 0) is 48.8 Å². The van der Waals surface area contributed by atoms with Crippen molar-refractivity contribution in [2.24, 2.45) is 5.92 Å². The molecule has 1 saturated heterocycles. The Morgan fingerprint density at radius 3 is 2.83 bits per heavy atom. The molecule has 0 N–H and O–H groups in total. The van der Waals surface area contributed by atoms with Crippen LogP contribution in [0.5, 0.6) is 5.75 Å². The fourth-order valence-corrected chi connectivity index (χ4v) is 5.33. The van der Waals surface area contributed by atoms with Crippen LogP contribution in [0.1, 0.15) is 68.4 Å². The van der Waals surface area contributed by atoms with E-state index < -0.39 is 0 Å². The van der Waals surface area contributed by atoms with Crippen molar-refractivity contribution in [1.29, 1.82) is 0 Å². The largest absolute Gasteiger partial charge is 0.496 e. The number of hydrogen-bond acceptors (Lipinski definition) is 2. The molecule has 24 heavy (non-hydrogen) atoms. The molecule has 1 saturated carbocycles. The van der Waals surface area contributed by atoms with Crippen molar-refractivity contribution in [3.63, 3.8) is 0 Å². The molecular weight excluding hydrogens is 298 g/mol. The maximum atomic E-state index is 12.8. The molecule has 2 unspecified atom stereocenters. The number of amides is 1. The second-order valence-corrected chi connectivity index (χ2v) is 7.81. The van der Waals surface area contributed by atoms with E-state index in [4.69, 9.17) is 4.74 Å². The van der Waals surface area contributed by atoms with Gasteiger partial charge >= 0.3 is 0 Å². The van der Waals surface area contributed by atoms with Crippen LogP contribution in [0.2, 0.25) is 0 Å². The van der Waals surface area contributed by atoms with E-state index in [9.17, 15) is 4.79 Å². The van der Waals surface area contributed by atoms with E-state index in [-0.39, 0.29) is 0 Å². The van der Waals surface area contributed by atoms with Crippen LogP contribution in [0.25, 0.3) is 0 Å². The second-order valence-electron chi connectivity index (χ2n) is 7.81. The van der Waals surface area contributed by atoms with Gasteiger partial charge in [0.2, 0.25) is 5.91 Å². The molecule has 1 heterocycles. The monoisotopic (exact) mass is 327 g/mol. The summed E-state index contributed by atoms with van der Waals surface area (Å²) in [6, 6.07) is 6.84. The summed E-state index contributed by atoms with van der Waals surface area (Å²) in [4.78, 5) is 15.0. The third-order valence-electron chi connectivity index (χ3n) is 6.59. The van der Waals surface area contributed by atoms with Gasteiger partial charge in [-0.2, -0.15) is 0 Å². The molecule has 0 spiro atoms. The van der Waals surface area contributed by atoms with Crippen LogP contribution in [0, 0.1) is 5.92 Å². The molecule has 0 aromatic heterocycles. The number of benzene rings is 1. The highest BCUT2D eigenvalue weighted by atomic mass is 16.5. The van der Waals surface area contributed by atoms with E-state index in [0.717, 1.165) is 50.3 Å². The lowest BCUT2D eigenvalue weighted by atomic mass is 9.79. The standard InChI is InChI=1S/C21H29NO2/c1-24-20-8-4-7-16-17-13-14-22(19(17)11-10-18(16)20)21(23)12-9-15-5-2-3-6-15/h4,7-8,15,17,19H,2-3,5-6,9-14H2,1H3. The molecule has 2 atom stereocenters. The van der Waals surface area contributed by atoms with Crippen molar-refractivity contribution in [1.82, 2.24) is 4.90 Å². The summed E-state index contributed by atoms with van der Waals surface area (Å²) >= 11 is 0. The minimum atomic E-state index is 0.403. The Kier molecular flexibility index (Phi) is 4.51. The van der Waals surface area contributed by atoms with Gasteiger partial charge in [0.05, 0.1) is 7.11 Å². The predicted molar refractivity (Wildman–Crippen MR) is 95.4 cm³/mol. The molecule has 130 valence electrons. The lowest BCUT2D eigenvalue weighted by Crippen LogP contribution is -2.39. The number of likely N-dealkylation sites (tertiary alicyclic amines) is 1. The van der Waals surface area contributed by atoms with Crippen LogP contribution in [-0.4, -0.2) is 30.5 Å². The minimum Gasteiger partial charge on any atom is -0.496 e. The summed E-state index contributed by atoms with van der Waals surface area (Å²) in [5.41, 5.74) is 2.80. The molecule has 2 fully saturated rings. The van der Waals surface area contributed by atoms with Crippen LogP contribution < -0.4 is 4.74 Å². The first-order chi connectivity index (χ1) is 11.8. The number of carbonyl (C=O) groups excluding carboxylic acids is 1. The number of hydrogen-bond donors (Lipinski definition) is 0. The van der Waals surface area contributed by atoms with Crippen LogP contribution in [0.4, 0.5) is 0 Å². The van der Waals surface area contributed by atoms with E-state index in [0.29, 0.717) is 17.9 Å². The Morgan fingerprint density at radius 2 is 2.04 bits per heavy atom. The van der Waals surface area contributed by atoms with Gasteiger partial charge in [0.15, 0.2) is 0 Å². The van der Waals surface area contributed by atoms with Crippen molar-refractivity contribution < 1.29 is 9.53 Å². The molecule has 1 amide bonds. The molecule has 0 radical (unpaired) electrons. The van der Waals surface area contributed by atoms with Crippen molar-refractivity contribution in [2.45, 2.75) is 69.7 Å². The normalized spacial score (nSPS) is 26.3. The van der Waals surface area contributed by atoms with Gasteiger partial charge in [0.1, 0.15) is 5.75 Å². The fourth-order valence-electron chi connectivity index (χ4n) is 5.33. The lowest BCUT2D eigenvalue weighted by molar-refractivity contribution is -0.132. The van der Waals surface area contributed by atoms with Crippen molar-refractivity contribution in [2.75, 3.05) is 13.7 Å². The summed E-state index contributed by atoms with van der Waals surface area (Å²) in [7, 11) is 1.76. The van der Waals surface area contributed by atoms with Gasteiger partial charge in [-0.3, -0.25) is 4.79 Å². The highest BCUT2D eigenvalue weighted by Gasteiger charge is 2.41. The molecule has 2 aliphatic carbocycles. The number of nitrogens with zero attached hydrogens (tertiary/aromatic N) is 1. The van der Waals surface area contributed by atoms with Crippen LogP contribution in [-0.2, 0) is 11.2 Å². The van der Waals surface area contributed by atoms with E-state index in [1.165, 1.54) is 36.8 Å².